The number of aromatic amines is 2. The van der Waals surface area contributed by atoms with Crippen molar-refractivity contribution in [3.63, 3.8) is 0 Å². The zero-order chi connectivity index (χ0) is 18.7. The molecule has 0 aliphatic carbocycles. The Morgan fingerprint density at radius 1 is 1.19 bits per heavy atom. The fraction of sp³-hybridized carbons (Fsp3) is 0.278. The minimum absolute atomic E-state index is 0.133. The van der Waals surface area contributed by atoms with Gasteiger partial charge in [-0.1, -0.05) is 30.3 Å². The molecule has 2 aromatic rings. The lowest BCUT2D eigenvalue weighted by Gasteiger charge is -2.28. The van der Waals surface area contributed by atoms with Crippen molar-refractivity contribution in [2.24, 2.45) is 0 Å². The molecule has 0 saturated carbocycles. The predicted molar refractivity (Wildman–Crippen MR) is 99.7 cm³/mol. The highest BCUT2D eigenvalue weighted by atomic mass is 32.1. The van der Waals surface area contributed by atoms with Crippen LogP contribution in [0.25, 0.3) is 0 Å². The fourth-order valence-electron chi connectivity index (χ4n) is 3.03. The first-order chi connectivity index (χ1) is 12.5. The maximum Gasteiger partial charge on any atom is 0.336 e. The van der Waals surface area contributed by atoms with E-state index in [9.17, 15) is 9.59 Å². The van der Waals surface area contributed by atoms with Crippen LogP contribution in [0.1, 0.15) is 24.0 Å². The molecule has 136 valence electrons. The molecule has 3 N–H and O–H groups in total. The van der Waals surface area contributed by atoms with E-state index < -0.39 is 11.9 Å². The van der Waals surface area contributed by atoms with Gasteiger partial charge in [-0.05, 0) is 24.7 Å². The van der Waals surface area contributed by atoms with Crippen LogP contribution >= 0.6 is 12.2 Å². The molecule has 1 aromatic heterocycles. The average Bonchev–Trinajstić information content (AvgIpc) is 2.61. The summed E-state index contributed by atoms with van der Waals surface area (Å²) in [5, 5.41) is 3.07. The summed E-state index contributed by atoms with van der Waals surface area (Å²) in [6.45, 7) is 2.20. The number of hydrogen-bond acceptors (Lipinski definition) is 6. The van der Waals surface area contributed by atoms with Crippen LogP contribution in [-0.4, -0.2) is 36.3 Å². The molecule has 1 aliphatic heterocycles. The largest absolute Gasteiger partial charge is 0.460 e. The van der Waals surface area contributed by atoms with E-state index in [1.807, 2.05) is 30.3 Å². The van der Waals surface area contributed by atoms with E-state index >= 15 is 0 Å². The van der Waals surface area contributed by atoms with Crippen LogP contribution in [0.4, 0.5) is 5.82 Å². The number of fused-ring (bicyclic) bond motifs is 1. The molecule has 7 nitrogen and oxygen atoms in total. The van der Waals surface area contributed by atoms with Gasteiger partial charge >= 0.3 is 5.97 Å². The molecule has 26 heavy (non-hydrogen) atoms. The second-order valence-electron chi connectivity index (χ2n) is 5.83. The zero-order valence-electron chi connectivity index (χ0n) is 14.4. The molecule has 2 heterocycles. The number of allylic oxidation sites excluding steroid dienone is 1. The van der Waals surface area contributed by atoms with Crippen LogP contribution in [0.2, 0.25) is 0 Å². The van der Waals surface area contributed by atoms with Gasteiger partial charge in [0.05, 0.1) is 23.7 Å². The Balaban J connectivity index is 2.14. The Morgan fingerprint density at radius 2 is 1.92 bits per heavy atom. The fourth-order valence-corrected chi connectivity index (χ4v) is 3.23. The minimum atomic E-state index is -0.571. The summed E-state index contributed by atoms with van der Waals surface area (Å²) in [6.07, 6.45) is 0. The lowest BCUT2D eigenvalue weighted by atomic mass is 9.82. The summed E-state index contributed by atoms with van der Waals surface area (Å²) in [7, 11) is 1.53. The van der Waals surface area contributed by atoms with Gasteiger partial charge in [-0.25, -0.2) is 4.79 Å². The van der Waals surface area contributed by atoms with Crippen LogP contribution in [0, 0.1) is 4.77 Å². The van der Waals surface area contributed by atoms with Crippen molar-refractivity contribution < 1.29 is 14.3 Å². The number of nitrogens with one attached hydrogen (secondary N) is 3. The molecule has 8 heteroatoms. The van der Waals surface area contributed by atoms with Crippen LogP contribution in [0.3, 0.4) is 0 Å². The Bertz CT molecular complexity index is 962. The zero-order valence-corrected chi connectivity index (χ0v) is 15.2. The molecule has 0 spiro atoms. The van der Waals surface area contributed by atoms with Crippen molar-refractivity contribution in [2.75, 3.05) is 25.6 Å². The molecule has 0 bridgehead atoms. The highest BCUT2D eigenvalue weighted by Gasteiger charge is 2.35. The first-order valence-corrected chi connectivity index (χ1v) is 8.49. The standard InChI is InChI=1S/C18H19N3O4S/c1-10-12(17(23)25-9-8-24-2)13(11-6-4-3-5-7-11)14-15(19-10)20-18(26)21-16(14)22/h3-7,13H,8-9H2,1-2H3,(H3,19,20,21,22,26)/t13-/m1/s1. The Morgan fingerprint density at radius 3 is 2.62 bits per heavy atom. The van der Waals surface area contributed by atoms with E-state index in [1.54, 1.807) is 6.92 Å². The lowest BCUT2D eigenvalue weighted by molar-refractivity contribution is -0.140. The highest BCUT2D eigenvalue weighted by molar-refractivity contribution is 7.71. The molecule has 3 rings (SSSR count). The first kappa shape index (κ1) is 18.1. The summed E-state index contributed by atoms with van der Waals surface area (Å²) in [5.74, 6) is -0.579. The Labute approximate surface area is 155 Å². The number of anilines is 1. The molecule has 1 atom stereocenters. The van der Waals surface area contributed by atoms with Crippen LogP contribution < -0.4 is 10.9 Å². The summed E-state index contributed by atoms with van der Waals surface area (Å²) >= 11 is 5.06. The minimum Gasteiger partial charge on any atom is -0.460 e. The summed E-state index contributed by atoms with van der Waals surface area (Å²) < 4.78 is 10.5. The number of benzene rings is 1. The number of carbonyl (C=O) groups excluding carboxylic acids is 1. The van der Waals surface area contributed by atoms with Gasteiger partial charge in [0.25, 0.3) is 5.56 Å². The first-order valence-electron chi connectivity index (χ1n) is 8.08. The van der Waals surface area contributed by atoms with Crippen molar-refractivity contribution in [2.45, 2.75) is 12.8 Å². The number of esters is 1. The van der Waals surface area contributed by atoms with Crippen molar-refractivity contribution in [3.8, 4) is 0 Å². The number of ether oxygens (including phenoxy) is 2. The van der Waals surface area contributed by atoms with Gasteiger partial charge in [-0.3, -0.25) is 9.78 Å². The van der Waals surface area contributed by atoms with Crippen LogP contribution in [0.15, 0.2) is 46.4 Å². The van der Waals surface area contributed by atoms with Gasteiger partial charge in [0.15, 0.2) is 4.77 Å². The van der Waals surface area contributed by atoms with Crippen LogP contribution in [-0.2, 0) is 14.3 Å². The number of hydrogen-bond donors (Lipinski definition) is 3. The van der Waals surface area contributed by atoms with Crippen molar-refractivity contribution in [3.05, 3.63) is 67.9 Å². The topological polar surface area (TPSA) is 96.2 Å². The maximum atomic E-state index is 12.7. The van der Waals surface area contributed by atoms with E-state index in [-0.39, 0.29) is 16.9 Å². The van der Waals surface area contributed by atoms with E-state index in [1.165, 1.54) is 7.11 Å². The van der Waals surface area contributed by atoms with Crippen LogP contribution in [0.5, 0.6) is 0 Å². The highest BCUT2D eigenvalue weighted by Crippen LogP contribution is 2.39. The third kappa shape index (κ3) is 3.47. The number of rotatable bonds is 5. The number of aromatic nitrogens is 2. The van der Waals surface area contributed by atoms with Gasteiger partial charge in [-0.2, -0.15) is 0 Å². The maximum absolute atomic E-state index is 12.7. The quantitative estimate of drug-likeness (QED) is 0.423. The molecule has 0 unspecified atom stereocenters. The SMILES string of the molecule is COCCOC(=O)C1=C(C)Nc2[nH]c(=S)[nH]c(=O)c2[C@@H]1c1ccccc1. The number of carbonyl (C=O) groups is 1. The molecule has 0 fully saturated rings. The van der Waals surface area contributed by atoms with E-state index in [4.69, 9.17) is 21.7 Å². The molecule has 0 radical (unpaired) electrons. The normalized spacial score (nSPS) is 16.0. The van der Waals surface area contributed by atoms with Gasteiger partial charge in [-0.15, -0.1) is 0 Å². The smallest absolute Gasteiger partial charge is 0.336 e. The van der Waals surface area contributed by atoms with Crippen molar-refractivity contribution in [1.29, 1.82) is 0 Å². The van der Waals surface area contributed by atoms with Gasteiger partial charge in [0.1, 0.15) is 12.4 Å². The molecule has 1 aliphatic rings. The summed E-state index contributed by atoms with van der Waals surface area (Å²) in [4.78, 5) is 30.9. The second kappa shape index (κ2) is 7.67. The molecule has 0 amide bonds. The van der Waals surface area contributed by atoms with E-state index in [0.29, 0.717) is 29.3 Å². The number of H-pyrrole nitrogens is 2. The van der Waals surface area contributed by atoms with E-state index in [2.05, 4.69) is 15.3 Å². The number of methoxy groups -OCH3 is 1. The third-order valence-corrected chi connectivity index (χ3v) is 4.35. The molecular weight excluding hydrogens is 354 g/mol. The van der Waals surface area contributed by atoms with Crippen molar-refractivity contribution in [1.82, 2.24) is 9.97 Å². The van der Waals surface area contributed by atoms with Crippen molar-refractivity contribution >= 4 is 24.0 Å². The molecule has 0 saturated heterocycles. The lowest BCUT2D eigenvalue weighted by Crippen LogP contribution is -2.31. The Hall–Kier alpha value is -2.71. The summed E-state index contributed by atoms with van der Waals surface area (Å²) in [5.41, 5.74) is 1.85. The van der Waals surface area contributed by atoms with E-state index in [0.717, 1.165) is 5.56 Å². The van der Waals surface area contributed by atoms with Gasteiger partial charge in [0, 0.05) is 12.8 Å². The Kier molecular flexibility index (Phi) is 5.34. The molecule has 1 aromatic carbocycles. The monoisotopic (exact) mass is 373 g/mol. The van der Waals surface area contributed by atoms with Gasteiger partial charge in [0.2, 0.25) is 0 Å². The molecular formula is C18H19N3O4S. The average molecular weight is 373 g/mol. The van der Waals surface area contributed by atoms with Gasteiger partial charge < -0.3 is 19.8 Å². The summed E-state index contributed by atoms with van der Waals surface area (Å²) in [6, 6.07) is 9.34. The predicted octanol–water partition coefficient (Wildman–Crippen LogP) is 2.45. The second-order valence-corrected chi connectivity index (χ2v) is 6.24. The third-order valence-electron chi connectivity index (χ3n) is 4.15.